The highest BCUT2D eigenvalue weighted by Gasteiger charge is 2.60. The highest BCUT2D eigenvalue weighted by molar-refractivity contribution is 6.22. The average molecular weight is 375 g/mol. The summed E-state index contributed by atoms with van der Waals surface area (Å²) in [6.45, 7) is 23.7. The van der Waals surface area contributed by atoms with Crippen LogP contribution in [-0.4, -0.2) is 17.6 Å². The molecule has 26 heavy (non-hydrogen) atoms. The number of hydrogen-bond donors (Lipinski definition) is 0. The molecule has 3 aliphatic rings. The quantitative estimate of drug-likeness (QED) is 0.466. The fraction of sp³-hybridized carbons (Fsp3) is 0.667. The van der Waals surface area contributed by atoms with E-state index in [1.807, 2.05) is 0 Å². The molecule has 1 fully saturated rings. The van der Waals surface area contributed by atoms with Crippen molar-refractivity contribution in [2.75, 3.05) is 6.61 Å². The number of ether oxygens (including phenoxy) is 1. The maximum atomic E-state index is 7.14. The third-order valence-corrected chi connectivity index (χ3v) is 8.54. The summed E-state index contributed by atoms with van der Waals surface area (Å²) < 4.78 is 6.73. The van der Waals surface area contributed by atoms with Crippen LogP contribution in [0.4, 0.5) is 0 Å². The van der Waals surface area contributed by atoms with Crippen LogP contribution in [0.15, 0.2) is 44.6 Å². The first kappa shape index (κ1) is 20.0. The van der Waals surface area contributed by atoms with E-state index >= 15 is 0 Å². The number of hydrogen-bond acceptors (Lipinski definition) is 1. The van der Waals surface area contributed by atoms with Crippen molar-refractivity contribution < 1.29 is 4.74 Å². The van der Waals surface area contributed by atoms with Crippen LogP contribution in [0.1, 0.15) is 75.7 Å². The van der Waals surface area contributed by atoms with Crippen molar-refractivity contribution >= 4 is 11.6 Å². The average Bonchev–Trinajstić information content (AvgIpc) is 3.03. The molecule has 0 aromatic rings. The van der Waals surface area contributed by atoms with Crippen molar-refractivity contribution in [2.45, 2.75) is 86.6 Å². The normalized spacial score (nSPS) is 30.3. The number of rotatable bonds is 2. The Morgan fingerprint density at radius 1 is 0.731 bits per heavy atom. The summed E-state index contributed by atoms with van der Waals surface area (Å²) >= 11 is 7.14. The minimum absolute atomic E-state index is 0.0339. The SMILES string of the molecule is CC1=C(C)C(C)(C)C(C2(C3=C(C)C(C)=C(C)C3(C)C)OCCC2Cl)=C1C. The summed E-state index contributed by atoms with van der Waals surface area (Å²) in [6, 6.07) is 0. The Morgan fingerprint density at radius 2 is 1.12 bits per heavy atom. The Labute approximate surface area is 165 Å². The van der Waals surface area contributed by atoms with Crippen LogP contribution in [0.5, 0.6) is 0 Å². The molecule has 1 atom stereocenters. The summed E-state index contributed by atoms with van der Waals surface area (Å²) in [4.78, 5) is 0. The fourth-order valence-corrected chi connectivity index (χ4v) is 6.24. The van der Waals surface area contributed by atoms with Crippen molar-refractivity contribution in [3.05, 3.63) is 44.6 Å². The minimum atomic E-state index is -0.513. The molecule has 1 heterocycles. The van der Waals surface area contributed by atoms with Crippen LogP contribution >= 0.6 is 11.6 Å². The first-order valence-electron chi connectivity index (χ1n) is 9.91. The van der Waals surface area contributed by atoms with E-state index in [4.69, 9.17) is 16.3 Å². The molecule has 2 heteroatoms. The van der Waals surface area contributed by atoms with Gasteiger partial charge < -0.3 is 4.74 Å². The van der Waals surface area contributed by atoms with Crippen LogP contribution in [-0.2, 0) is 4.74 Å². The van der Waals surface area contributed by atoms with E-state index in [0.29, 0.717) is 0 Å². The fourth-order valence-electron chi connectivity index (χ4n) is 5.87. The summed E-state index contributed by atoms with van der Waals surface area (Å²) in [5.74, 6) is 0. The molecule has 1 saturated heterocycles. The molecular weight excluding hydrogens is 340 g/mol. The lowest BCUT2D eigenvalue weighted by Crippen LogP contribution is -2.49. The lowest BCUT2D eigenvalue weighted by Gasteiger charge is -2.47. The van der Waals surface area contributed by atoms with Gasteiger partial charge in [0.15, 0.2) is 0 Å². The zero-order valence-corrected chi connectivity index (χ0v) is 19.0. The highest BCUT2D eigenvalue weighted by Crippen LogP contribution is 2.63. The van der Waals surface area contributed by atoms with Crippen LogP contribution in [0.3, 0.4) is 0 Å². The standard InChI is InChI=1S/C24H35ClO/c1-13-15(3)20(22(7,8)17(13)5)24(19(25)11-12-26-24)21-16(4)14(2)18(6)23(21,9)10/h19H,11-12H2,1-10H3. The van der Waals surface area contributed by atoms with E-state index in [-0.39, 0.29) is 16.2 Å². The number of alkyl halides is 1. The summed E-state index contributed by atoms with van der Waals surface area (Å²) in [5.41, 5.74) is 10.6. The smallest absolute Gasteiger partial charge is 0.129 e. The molecule has 0 aromatic heterocycles. The topological polar surface area (TPSA) is 9.23 Å². The van der Waals surface area contributed by atoms with Gasteiger partial charge in [0.25, 0.3) is 0 Å². The van der Waals surface area contributed by atoms with Crippen LogP contribution < -0.4 is 0 Å². The zero-order valence-electron chi connectivity index (χ0n) is 18.3. The van der Waals surface area contributed by atoms with Crippen molar-refractivity contribution in [1.82, 2.24) is 0 Å². The molecule has 0 bridgehead atoms. The Kier molecular flexibility index (Phi) is 4.49. The van der Waals surface area contributed by atoms with Gasteiger partial charge in [0.1, 0.15) is 5.60 Å². The van der Waals surface area contributed by atoms with E-state index in [1.54, 1.807) is 0 Å². The van der Waals surface area contributed by atoms with Crippen LogP contribution in [0.2, 0.25) is 0 Å². The zero-order chi connectivity index (χ0) is 19.8. The van der Waals surface area contributed by atoms with Crippen molar-refractivity contribution in [3.63, 3.8) is 0 Å². The molecule has 3 rings (SSSR count). The van der Waals surface area contributed by atoms with E-state index in [9.17, 15) is 0 Å². The second-order valence-corrected chi connectivity index (χ2v) is 10.1. The molecule has 0 N–H and O–H groups in total. The Morgan fingerprint density at radius 3 is 1.35 bits per heavy atom. The van der Waals surface area contributed by atoms with Crippen LogP contribution in [0.25, 0.3) is 0 Å². The van der Waals surface area contributed by atoms with Gasteiger partial charge >= 0.3 is 0 Å². The molecule has 0 amide bonds. The van der Waals surface area contributed by atoms with Gasteiger partial charge in [0.2, 0.25) is 0 Å². The lowest BCUT2D eigenvalue weighted by molar-refractivity contribution is 0.0422. The van der Waals surface area contributed by atoms with Gasteiger partial charge in [0.05, 0.1) is 5.38 Å². The van der Waals surface area contributed by atoms with Crippen LogP contribution in [0, 0.1) is 10.8 Å². The van der Waals surface area contributed by atoms with Crippen molar-refractivity contribution in [1.29, 1.82) is 0 Å². The maximum Gasteiger partial charge on any atom is 0.129 e. The Hall–Kier alpha value is -0.790. The Balaban J connectivity index is 2.35. The molecule has 1 unspecified atom stereocenters. The monoisotopic (exact) mass is 374 g/mol. The second-order valence-electron chi connectivity index (χ2n) is 9.59. The van der Waals surface area contributed by atoms with Crippen molar-refractivity contribution in [2.24, 2.45) is 10.8 Å². The molecule has 0 radical (unpaired) electrons. The van der Waals surface area contributed by atoms with Gasteiger partial charge in [0, 0.05) is 17.4 Å². The van der Waals surface area contributed by atoms with Gasteiger partial charge in [-0.2, -0.15) is 0 Å². The highest BCUT2D eigenvalue weighted by atomic mass is 35.5. The van der Waals surface area contributed by atoms with E-state index in [2.05, 4.69) is 69.2 Å². The van der Waals surface area contributed by atoms with E-state index in [0.717, 1.165) is 13.0 Å². The minimum Gasteiger partial charge on any atom is -0.364 e. The lowest BCUT2D eigenvalue weighted by atomic mass is 9.63. The second kappa shape index (κ2) is 5.85. The number of halogens is 1. The molecular formula is C24H35ClO. The molecule has 0 aromatic carbocycles. The van der Waals surface area contributed by atoms with Gasteiger partial charge in [-0.1, -0.05) is 38.8 Å². The first-order valence-corrected chi connectivity index (χ1v) is 10.3. The van der Waals surface area contributed by atoms with Gasteiger partial charge in [-0.05, 0) is 81.4 Å². The molecule has 1 nitrogen and oxygen atoms in total. The maximum absolute atomic E-state index is 7.14. The molecule has 1 aliphatic heterocycles. The van der Waals surface area contributed by atoms with Gasteiger partial charge in [-0.25, -0.2) is 0 Å². The van der Waals surface area contributed by atoms with Gasteiger partial charge in [-0.15, -0.1) is 11.6 Å². The largest absolute Gasteiger partial charge is 0.364 e. The van der Waals surface area contributed by atoms with E-state index < -0.39 is 5.60 Å². The third-order valence-electron chi connectivity index (χ3n) is 8.01. The predicted molar refractivity (Wildman–Crippen MR) is 113 cm³/mol. The molecule has 0 spiro atoms. The predicted octanol–water partition coefficient (Wildman–Crippen LogP) is 7.14. The molecule has 0 saturated carbocycles. The summed E-state index contributed by atoms with van der Waals surface area (Å²) in [5, 5.41) is -0.0339. The Bertz CT molecular complexity index is 740. The molecule has 144 valence electrons. The summed E-state index contributed by atoms with van der Waals surface area (Å²) in [7, 11) is 0. The van der Waals surface area contributed by atoms with E-state index in [1.165, 1.54) is 44.6 Å². The van der Waals surface area contributed by atoms with Crippen molar-refractivity contribution in [3.8, 4) is 0 Å². The first-order chi connectivity index (χ1) is 11.8. The summed E-state index contributed by atoms with van der Waals surface area (Å²) in [6.07, 6.45) is 0.900. The third kappa shape index (κ3) is 2.20. The van der Waals surface area contributed by atoms with Gasteiger partial charge in [-0.3, -0.25) is 0 Å². The molecule has 2 aliphatic carbocycles. The number of allylic oxidation sites excluding steroid dienone is 6.